The predicted octanol–water partition coefficient (Wildman–Crippen LogP) is 2.22. The molecular formula is C13H30N2O2S. The topological polar surface area (TPSA) is 49.4 Å². The van der Waals surface area contributed by atoms with Crippen LogP contribution in [0.4, 0.5) is 0 Å². The molecule has 0 spiro atoms. The van der Waals surface area contributed by atoms with E-state index in [1.165, 1.54) is 36.2 Å². The van der Waals surface area contributed by atoms with E-state index in [0.29, 0.717) is 19.1 Å². The van der Waals surface area contributed by atoms with Gasteiger partial charge in [0, 0.05) is 19.1 Å². The maximum Gasteiger partial charge on any atom is 0.211 e. The molecule has 0 aliphatic rings. The third kappa shape index (κ3) is 8.06. The van der Waals surface area contributed by atoms with Gasteiger partial charge in [0.05, 0.1) is 6.26 Å². The lowest BCUT2D eigenvalue weighted by Gasteiger charge is -2.20. The van der Waals surface area contributed by atoms with Gasteiger partial charge in [-0.05, 0) is 25.8 Å². The molecule has 0 radical (unpaired) electrons. The summed E-state index contributed by atoms with van der Waals surface area (Å²) in [5, 5.41) is 3.53. The standard InChI is InChI=1S/C13H30N2O2S/c1-5-9-13(10-6-2)14-11-8-12-15(7-3)18(4,16)17/h13-14H,5-12H2,1-4H3. The van der Waals surface area contributed by atoms with Crippen molar-refractivity contribution in [3.05, 3.63) is 0 Å². The molecule has 0 atom stereocenters. The number of sulfonamides is 1. The van der Waals surface area contributed by atoms with Gasteiger partial charge in [0.1, 0.15) is 0 Å². The predicted molar refractivity (Wildman–Crippen MR) is 78.3 cm³/mol. The Morgan fingerprint density at radius 1 is 1.11 bits per heavy atom. The van der Waals surface area contributed by atoms with Crippen LogP contribution in [-0.4, -0.2) is 44.7 Å². The first kappa shape index (κ1) is 17.9. The van der Waals surface area contributed by atoms with Crippen molar-refractivity contribution in [2.45, 2.75) is 58.9 Å². The molecule has 0 saturated carbocycles. The van der Waals surface area contributed by atoms with E-state index in [9.17, 15) is 8.42 Å². The molecule has 18 heavy (non-hydrogen) atoms. The van der Waals surface area contributed by atoms with Crippen molar-refractivity contribution in [2.24, 2.45) is 0 Å². The molecule has 4 nitrogen and oxygen atoms in total. The molecule has 0 amide bonds. The lowest BCUT2D eigenvalue weighted by molar-refractivity contribution is 0.395. The van der Waals surface area contributed by atoms with E-state index in [-0.39, 0.29) is 0 Å². The van der Waals surface area contributed by atoms with E-state index in [0.717, 1.165) is 13.0 Å². The largest absolute Gasteiger partial charge is 0.314 e. The van der Waals surface area contributed by atoms with E-state index in [4.69, 9.17) is 0 Å². The molecule has 0 fully saturated rings. The van der Waals surface area contributed by atoms with Gasteiger partial charge in [0.15, 0.2) is 0 Å². The van der Waals surface area contributed by atoms with Crippen LogP contribution in [0, 0.1) is 0 Å². The molecular weight excluding hydrogens is 248 g/mol. The molecule has 0 heterocycles. The highest BCUT2D eigenvalue weighted by Crippen LogP contribution is 2.05. The summed E-state index contributed by atoms with van der Waals surface area (Å²) in [7, 11) is -3.03. The number of nitrogens with one attached hydrogen (secondary N) is 1. The Morgan fingerprint density at radius 2 is 1.67 bits per heavy atom. The number of hydrogen-bond donors (Lipinski definition) is 1. The maximum atomic E-state index is 11.4. The summed E-state index contributed by atoms with van der Waals surface area (Å²) in [6.45, 7) is 8.36. The zero-order valence-electron chi connectivity index (χ0n) is 12.4. The minimum absolute atomic E-state index is 0.562. The Kier molecular flexibility index (Phi) is 9.68. The van der Waals surface area contributed by atoms with Crippen molar-refractivity contribution in [2.75, 3.05) is 25.9 Å². The fourth-order valence-corrected chi connectivity index (χ4v) is 3.10. The highest BCUT2D eigenvalue weighted by atomic mass is 32.2. The van der Waals surface area contributed by atoms with Crippen LogP contribution in [0.15, 0.2) is 0 Å². The molecule has 110 valence electrons. The molecule has 0 aromatic rings. The monoisotopic (exact) mass is 278 g/mol. The number of hydrogen-bond acceptors (Lipinski definition) is 3. The highest BCUT2D eigenvalue weighted by Gasteiger charge is 2.13. The Morgan fingerprint density at radius 3 is 2.06 bits per heavy atom. The van der Waals surface area contributed by atoms with Gasteiger partial charge in [-0.1, -0.05) is 33.6 Å². The van der Waals surface area contributed by atoms with Crippen molar-refractivity contribution >= 4 is 10.0 Å². The molecule has 0 saturated heterocycles. The van der Waals surface area contributed by atoms with Gasteiger partial charge in [-0.25, -0.2) is 12.7 Å². The fourth-order valence-electron chi connectivity index (χ4n) is 2.17. The van der Waals surface area contributed by atoms with Crippen LogP contribution in [0.25, 0.3) is 0 Å². The third-order valence-electron chi connectivity index (χ3n) is 3.11. The van der Waals surface area contributed by atoms with Crippen molar-refractivity contribution in [1.82, 2.24) is 9.62 Å². The van der Waals surface area contributed by atoms with E-state index in [1.54, 1.807) is 0 Å². The average molecular weight is 278 g/mol. The summed E-state index contributed by atoms with van der Waals surface area (Å²) in [6.07, 6.45) is 6.96. The normalized spacial score (nSPS) is 12.6. The third-order valence-corrected chi connectivity index (χ3v) is 4.49. The van der Waals surface area contributed by atoms with Crippen LogP contribution < -0.4 is 5.32 Å². The molecule has 0 rings (SSSR count). The van der Waals surface area contributed by atoms with Crippen molar-refractivity contribution in [3.8, 4) is 0 Å². The molecule has 0 aliphatic carbocycles. The lowest BCUT2D eigenvalue weighted by atomic mass is 10.1. The van der Waals surface area contributed by atoms with Gasteiger partial charge in [-0.15, -0.1) is 0 Å². The van der Waals surface area contributed by atoms with Gasteiger partial charge < -0.3 is 5.32 Å². The van der Waals surface area contributed by atoms with E-state index >= 15 is 0 Å². The Hall–Kier alpha value is -0.130. The first-order valence-corrected chi connectivity index (χ1v) is 8.98. The minimum atomic E-state index is -3.03. The zero-order valence-corrected chi connectivity index (χ0v) is 13.2. The molecule has 5 heteroatoms. The fraction of sp³-hybridized carbons (Fsp3) is 1.00. The smallest absolute Gasteiger partial charge is 0.211 e. The van der Waals surface area contributed by atoms with Crippen LogP contribution in [0.2, 0.25) is 0 Å². The Bertz CT molecular complexity index is 285. The van der Waals surface area contributed by atoms with Crippen LogP contribution in [0.3, 0.4) is 0 Å². The number of nitrogens with zero attached hydrogens (tertiary/aromatic N) is 1. The second-order valence-corrected chi connectivity index (χ2v) is 6.82. The second kappa shape index (κ2) is 9.75. The Balaban J connectivity index is 3.89. The van der Waals surface area contributed by atoms with Gasteiger partial charge in [-0.3, -0.25) is 0 Å². The summed E-state index contributed by atoms with van der Waals surface area (Å²) in [5.41, 5.74) is 0. The summed E-state index contributed by atoms with van der Waals surface area (Å²) in [6, 6.07) is 0.591. The lowest BCUT2D eigenvalue weighted by Crippen LogP contribution is -2.35. The zero-order chi connectivity index (χ0) is 14.0. The first-order chi connectivity index (χ1) is 8.45. The van der Waals surface area contributed by atoms with E-state index in [1.807, 2.05) is 6.92 Å². The molecule has 1 N–H and O–H groups in total. The highest BCUT2D eigenvalue weighted by molar-refractivity contribution is 7.88. The molecule has 0 bridgehead atoms. The van der Waals surface area contributed by atoms with Crippen LogP contribution >= 0.6 is 0 Å². The van der Waals surface area contributed by atoms with Gasteiger partial charge in [-0.2, -0.15) is 0 Å². The minimum Gasteiger partial charge on any atom is -0.314 e. The van der Waals surface area contributed by atoms with E-state index in [2.05, 4.69) is 19.2 Å². The summed E-state index contributed by atoms with van der Waals surface area (Å²) in [5.74, 6) is 0. The first-order valence-electron chi connectivity index (χ1n) is 7.14. The van der Waals surface area contributed by atoms with Crippen molar-refractivity contribution < 1.29 is 8.42 Å². The molecule has 0 aromatic carbocycles. The summed E-state index contributed by atoms with van der Waals surface area (Å²) in [4.78, 5) is 0. The maximum absolute atomic E-state index is 11.4. The van der Waals surface area contributed by atoms with Crippen molar-refractivity contribution in [3.63, 3.8) is 0 Å². The quantitative estimate of drug-likeness (QED) is 0.590. The summed E-state index contributed by atoms with van der Waals surface area (Å²) < 4.78 is 24.3. The average Bonchev–Trinajstić information content (AvgIpc) is 2.27. The number of rotatable bonds is 11. The molecule has 0 aromatic heterocycles. The molecule has 0 aliphatic heterocycles. The van der Waals surface area contributed by atoms with Crippen LogP contribution in [0.1, 0.15) is 52.9 Å². The van der Waals surface area contributed by atoms with E-state index < -0.39 is 10.0 Å². The Labute approximate surface area is 113 Å². The van der Waals surface area contributed by atoms with Crippen LogP contribution in [-0.2, 0) is 10.0 Å². The van der Waals surface area contributed by atoms with Gasteiger partial charge >= 0.3 is 0 Å². The molecule has 0 unspecified atom stereocenters. The van der Waals surface area contributed by atoms with Gasteiger partial charge in [0.25, 0.3) is 0 Å². The van der Waals surface area contributed by atoms with Crippen LogP contribution in [0.5, 0.6) is 0 Å². The summed E-state index contributed by atoms with van der Waals surface area (Å²) >= 11 is 0. The van der Waals surface area contributed by atoms with Crippen molar-refractivity contribution in [1.29, 1.82) is 0 Å². The van der Waals surface area contributed by atoms with Gasteiger partial charge in [0.2, 0.25) is 10.0 Å². The second-order valence-electron chi connectivity index (χ2n) is 4.84. The SMILES string of the molecule is CCCC(CCC)NCCCN(CC)S(C)(=O)=O.